The van der Waals surface area contributed by atoms with Crippen LogP contribution in [0.5, 0.6) is 0 Å². The second-order valence-corrected chi connectivity index (χ2v) is 7.28. The SMILES string of the molecule is CCc1cnc(CNC(=NC)NC2CC2c2cccc(Cl)c2)s1. The normalized spacial score (nSPS) is 20.4. The Morgan fingerprint density at radius 2 is 2.35 bits per heavy atom. The molecule has 1 aromatic carbocycles. The molecule has 0 aliphatic heterocycles. The van der Waals surface area contributed by atoms with Gasteiger partial charge in [-0.1, -0.05) is 30.7 Å². The average molecular weight is 349 g/mol. The lowest BCUT2D eigenvalue weighted by molar-refractivity contribution is 0.787. The van der Waals surface area contributed by atoms with E-state index in [4.69, 9.17) is 11.6 Å². The van der Waals surface area contributed by atoms with Crippen LogP contribution < -0.4 is 10.6 Å². The van der Waals surface area contributed by atoms with Crippen molar-refractivity contribution in [2.45, 2.75) is 38.3 Å². The van der Waals surface area contributed by atoms with Crippen LogP contribution in [-0.4, -0.2) is 24.0 Å². The van der Waals surface area contributed by atoms with Crippen LogP contribution in [0.3, 0.4) is 0 Å². The summed E-state index contributed by atoms with van der Waals surface area (Å²) in [6.45, 7) is 2.85. The third-order valence-electron chi connectivity index (χ3n) is 3.97. The Bertz CT molecular complexity index is 697. The first-order valence-corrected chi connectivity index (χ1v) is 9.05. The average Bonchev–Trinajstić information content (AvgIpc) is 3.18. The molecule has 1 aliphatic rings. The summed E-state index contributed by atoms with van der Waals surface area (Å²) in [7, 11) is 1.80. The zero-order valence-electron chi connectivity index (χ0n) is 13.3. The van der Waals surface area contributed by atoms with Crippen molar-refractivity contribution in [3.8, 4) is 0 Å². The van der Waals surface area contributed by atoms with Crippen molar-refractivity contribution in [2.75, 3.05) is 7.05 Å². The summed E-state index contributed by atoms with van der Waals surface area (Å²) in [6.07, 6.45) is 4.10. The summed E-state index contributed by atoms with van der Waals surface area (Å²) in [6, 6.07) is 8.52. The Labute approximate surface area is 146 Å². The van der Waals surface area contributed by atoms with Crippen molar-refractivity contribution >= 4 is 28.9 Å². The molecule has 4 nitrogen and oxygen atoms in total. The number of guanidine groups is 1. The van der Waals surface area contributed by atoms with E-state index in [-0.39, 0.29) is 0 Å². The monoisotopic (exact) mass is 348 g/mol. The first-order chi connectivity index (χ1) is 11.2. The van der Waals surface area contributed by atoms with Gasteiger partial charge in [-0.05, 0) is 30.5 Å². The number of aliphatic imine (C=N–C) groups is 1. The molecule has 2 unspecified atom stereocenters. The van der Waals surface area contributed by atoms with Gasteiger partial charge in [-0.3, -0.25) is 4.99 Å². The minimum absolute atomic E-state index is 0.419. The molecule has 3 rings (SSSR count). The number of nitrogens with zero attached hydrogens (tertiary/aromatic N) is 2. The summed E-state index contributed by atoms with van der Waals surface area (Å²) >= 11 is 7.81. The van der Waals surface area contributed by atoms with E-state index in [1.165, 1.54) is 10.4 Å². The fourth-order valence-corrected chi connectivity index (χ4v) is 3.58. The predicted molar refractivity (Wildman–Crippen MR) is 97.4 cm³/mol. The molecule has 122 valence electrons. The minimum Gasteiger partial charge on any atom is -0.353 e. The minimum atomic E-state index is 0.419. The second-order valence-electron chi connectivity index (χ2n) is 5.65. The van der Waals surface area contributed by atoms with Gasteiger partial charge in [0.2, 0.25) is 0 Å². The lowest BCUT2D eigenvalue weighted by atomic mass is 10.1. The molecule has 0 amide bonds. The van der Waals surface area contributed by atoms with Crippen molar-refractivity contribution in [1.82, 2.24) is 15.6 Å². The molecule has 1 aliphatic carbocycles. The fourth-order valence-electron chi connectivity index (χ4n) is 2.58. The molecule has 6 heteroatoms. The third-order valence-corrected chi connectivity index (χ3v) is 5.35. The maximum absolute atomic E-state index is 6.07. The van der Waals surface area contributed by atoms with Crippen LogP contribution in [0.2, 0.25) is 5.02 Å². The highest BCUT2D eigenvalue weighted by atomic mass is 35.5. The van der Waals surface area contributed by atoms with Gasteiger partial charge in [-0.25, -0.2) is 4.98 Å². The quantitative estimate of drug-likeness (QED) is 0.641. The van der Waals surface area contributed by atoms with E-state index >= 15 is 0 Å². The Morgan fingerprint density at radius 1 is 1.48 bits per heavy atom. The molecule has 0 spiro atoms. The highest BCUT2D eigenvalue weighted by molar-refractivity contribution is 7.11. The van der Waals surface area contributed by atoms with Crippen LogP contribution in [0.15, 0.2) is 35.5 Å². The van der Waals surface area contributed by atoms with Crippen LogP contribution in [0.1, 0.15) is 34.7 Å². The summed E-state index contributed by atoms with van der Waals surface area (Å²) in [5, 5.41) is 8.70. The first-order valence-electron chi connectivity index (χ1n) is 7.85. The highest BCUT2D eigenvalue weighted by Gasteiger charge is 2.39. The summed E-state index contributed by atoms with van der Waals surface area (Å²) in [5.41, 5.74) is 1.29. The summed E-state index contributed by atoms with van der Waals surface area (Å²) in [5.74, 6) is 1.34. The van der Waals surface area contributed by atoms with Crippen molar-refractivity contribution in [3.63, 3.8) is 0 Å². The van der Waals surface area contributed by atoms with Gasteiger partial charge in [0.15, 0.2) is 5.96 Å². The van der Waals surface area contributed by atoms with E-state index in [1.807, 2.05) is 24.4 Å². The van der Waals surface area contributed by atoms with E-state index in [2.05, 4.69) is 33.6 Å². The van der Waals surface area contributed by atoms with Crippen LogP contribution >= 0.6 is 22.9 Å². The van der Waals surface area contributed by atoms with Gasteiger partial charge in [0.25, 0.3) is 0 Å². The van der Waals surface area contributed by atoms with Gasteiger partial charge < -0.3 is 10.6 Å². The molecular weight excluding hydrogens is 328 g/mol. The number of benzene rings is 1. The number of hydrogen-bond donors (Lipinski definition) is 2. The van der Waals surface area contributed by atoms with Gasteiger partial charge in [0.05, 0.1) is 6.54 Å². The van der Waals surface area contributed by atoms with Gasteiger partial charge in [0.1, 0.15) is 5.01 Å². The predicted octanol–water partition coefficient (Wildman–Crippen LogP) is 3.58. The standard InChI is InChI=1S/C17H21ClN4S/c1-3-13-9-20-16(23-13)10-21-17(19-2)22-15-8-14(15)11-5-4-6-12(18)7-11/h4-7,9,14-15H,3,8,10H2,1-2H3,(H2,19,21,22). The lowest BCUT2D eigenvalue weighted by Gasteiger charge is -2.11. The topological polar surface area (TPSA) is 49.3 Å². The van der Waals surface area contributed by atoms with Crippen LogP contribution in [0.4, 0.5) is 0 Å². The number of nitrogens with one attached hydrogen (secondary N) is 2. The maximum atomic E-state index is 6.07. The molecule has 23 heavy (non-hydrogen) atoms. The molecule has 0 bridgehead atoms. The second kappa shape index (κ2) is 7.32. The maximum Gasteiger partial charge on any atom is 0.191 e. The number of thiazole rings is 1. The number of hydrogen-bond acceptors (Lipinski definition) is 3. The molecule has 0 radical (unpaired) electrons. The van der Waals surface area contributed by atoms with Crippen LogP contribution in [0.25, 0.3) is 0 Å². The van der Waals surface area contributed by atoms with Crippen LogP contribution in [-0.2, 0) is 13.0 Å². The lowest BCUT2D eigenvalue weighted by Crippen LogP contribution is -2.38. The number of aromatic nitrogens is 1. The highest BCUT2D eigenvalue weighted by Crippen LogP contribution is 2.41. The summed E-state index contributed by atoms with van der Waals surface area (Å²) < 4.78 is 0. The Balaban J connectivity index is 1.51. The number of halogens is 1. The van der Waals surface area contributed by atoms with E-state index < -0.39 is 0 Å². The van der Waals surface area contributed by atoms with E-state index in [0.717, 1.165) is 28.8 Å². The fraction of sp³-hybridized carbons (Fsp3) is 0.412. The molecule has 2 aromatic rings. The van der Waals surface area contributed by atoms with Crippen molar-refractivity contribution < 1.29 is 0 Å². The van der Waals surface area contributed by atoms with Gasteiger partial charge in [0, 0.05) is 35.1 Å². The molecule has 1 aromatic heterocycles. The molecular formula is C17H21ClN4S. The van der Waals surface area contributed by atoms with Crippen molar-refractivity contribution in [1.29, 1.82) is 0 Å². The smallest absolute Gasteiger partial charge is 0.191 e. The molecule has 2 N–H and O–H groups in total. The van der Waals surface area contributed by atoms with E-state index in [0.29, 0.717) is 18.5 Å². The van der Waals surface area contributed by atoms with Crippen molar-refractivity contribution in [2.24, 2.45) is 4.99 Å². The molecule has 1 heterocycles. The molecule has 0 saturated heterocycles. The largest absolute Gasteiger partial charge is 0.353 e. The zero-order valence-corrected chi connectivity index (χ0v) is 14.9. The Morgan fingerprint density at radius 3 is 3.04 bits per heavy atom. The zero-order chi connectivity index (χ0) is 16.2. The molecule has 1 fully saturated rings. The van der Waals surface area contributed by atoms with Gasteiger partial charge >= 0.3 is 0 Å². The van der Waals surface area contributed by atoms with Crippen molar-refractivity contribution in [3.05, 3.63) is 50.9 Å². The first kappa shape index (κ1) is 16.3. The molecule has 2 atom stereocenters. The van der Waals surface area contributed by atoms with Gasteiger partial charge in [-0.15, -0.1) is 11.3 Å². The summed E-state index contributed by atoms with van der Waals surface area (Å²) in [4.78, 5) is 10.0. The number of rotatable bonds is 5. The Kier molecular flexibility index (Phi) is 5.18. The van der Waals surface area contributed by atoms with Crippen LogP contribution in [0, 0.1) is 0 Å². The third kappa shape index (κ3) is 4.24. The van der Waals surface area contributed by atoms with Gasteiger partial charge in [-0.2, -0.15) is 0 Å². The Hall–Kier alpha value is -1.59. The molecule has 1 saturated carbocycles. The number of aryl methyl sites for hydroxylation is 1. The van der Waals surface area contributed by atoms with E-state index in [1.54, 1.807) is 18.4 Å². The van der Waals surface area contributed by atoms with E-state index in [9.17, 15) is 0 Å².